The molecule has 2 heterocycles. The summed E-state index contributed by atoms with van der Waals surface area (Å²) in [5.74, 6) is -1.09. The highest BCUT2D eigenvalue weighted by Crippen LogP contribution is 2.29. The van der Waals surface area contributed by atoms with Crippen LogP contribution >= 0.6 is 0 Å². The van der Waals surface area contributed by atoms with E-state index in [1.807, 2.05) is 0 Å². The second-order valence-corrected chi connectivity index (χ2v) is 8.86. The molecule has 152 valence electrons. The van der Waals surface area contributed by atoms with E-state index in [1.54, 1.807) is 13.8 Å². The Labute approximate surface area is 161 Å². The van der Waals surface area contributed by atoms with Gasteiger partial charge < -0.3 is 5.32 Å². The molecular weight excluding hydrogens is 392 g/mol. The molecule has 0 aliphatic carbocycles. The zero-order valence-corrected chi connectivity index (χ0v) is 16.2. The maximum absolute atomic E-state index is 14.0. The molecule has 2 aromatic rings. The van der Waals surface area contributed by atoms with Gasteiger partial charge in [0.2, 0.25) is 10.0 Å². The van der Waals surface area contributed by atoms with Crippen molar-refractivity contribution in [1.29, 1.82) is 0 Å². The molecule has 1 aromatic carbocycles. The number of benzene rings is 1. The van der Waals surface area contributed by atoms with Crippen molar-refractivity contribution in [2.24, 2.45) is 0 Å². The van der Waals surface area contributed by atoms with Crippen molar-refractivity contribution in [2.45, 2.75) is 50.0 Å². The van der Waals surface area contributed by atoms with Crippen LogP contribution in [0.5, 0.6) is 0 Å². The molecule has 28 heavy (non-hydrogen) atoms. The largest absolute Gasteiger partial charge is 0.348 e. The maximum atomic E-state index is 14.0. The van der Waals surface area contributed by atoms with E-state index in [4.69, 9.17) is 0 Å². The summed E-state index contributed by atoms with van der Waals surface area (Å²) in [4.78, 5) is 11.7. The first-order valence-electron chi connectivity index (χ1n) is 8.79. The third kappa shape index (κ3) is 4.36. The van der Waals surface area contributed by atoms with Crippen LogP contribution < -0.4 is 5.32 Å². The summed E-state index contributed by atoms with van der Waals surface area (Å²) in [5, 5.41) is 10.3. The number of hydrogen-bond donors (Lipinski definition) is 1. The Balaban J connectivity index is 1.80. The average molecular weight is 413 g/mol. The third-order valence-electron chi connectivity index (χ3n) is 4.30. The average Bonchev–Trinajstić information content (AvgIpc) is 3.21. The molecule has 1 fully saturated rings. The van der Waals surface area contributed by atoms with E-state index in [-0.39, 0.29) is 36.1 Å². The summed E-state index contributed by atoms with van der Waals surface area (Å²) in [6, 6.07) is 3.79. The minimum absolute atomic E-state index is 0.0247. The minimum atomic E-state index is -4.08. The maximum Gasteiger partial charge on any atom is 0.273 e. The van der Waals surface area contributed by atoms with Gasteiger partial charge in [-0.3, -0.25) is 9.48 Å². The van der Waals surface area contributed by atoms with Crippen LogP contribution in [-0.4, -0.2) is 58.4 Å². The predicted molar refractivity (Wildman–Crippen MR) is 96.2 cm³/mol. The van der Waals surface area contributed by atoms with Gasteiger partial charge in [0.05, 0.1) is 17.6 Å². The molecule has 1 aliphatic heterocycles. The van der Waals surface area contributed by atoms with Gasteiger partial charge in [-0.05, 0) is 38.5 Å². The number of sulfonamides is 1. The highest BCUT2D eigenvalue weighted by molar-refractivity contribution is 7.89. The lowest BCUT2D eigenvalue weighted by Crippen LogP contribution is -2.38. The van der Waals surface area contributed by atoms with E-state index in [0.717, 1.165) is 16.4 Å². The summed E-state index contributed by atoms with van der Waals surface area (Å²) in [6.07, 6.45) is 0.0126. The summed E-state index contributed by atoms with van der Waals surface area (Å²) >= 11 is 0. The summed E-state index contributed by atoms with van der Waals surface area (Å²) in [7, 11) is -4.08. The third-order valence-corrected chi connectivity index (χ3v) is 6.22. The first kappa shape index (κ1) is 20.3. The smallest absolute Gasteiger partial charge is 0.273 e. The Bertz CT molecular complexity index is 963. The number of halogens is 2. The molecule has 0 unspecified atom stereocenters. The van der Waals surface area contributed by atoms with E-state index in [1.165, 1.54) is 23.0 Å². The number of aromatic nitrogens is 3. The van der Waals surface area contributed by atoms with Gasteiger partial charge in [-0.15, -0.1) is 5.10 Å². The van der Waals surface area contributed by atoms with Crippen molar-refractivity contribution in [3.8, 4) is 0 Å². The van der Waals surface area contributed by atoms with E-state index in [9.17, 15) is 22.0 Å². The minimum Gasteiger partial charge on any atom is -0.348 e. The number of nitrogens with zero attached hydrogens (tertiary/aromatic N) is 4. The monoisotopic (exact) mass is 413 g/mol. The number of hydrogen-bond acceptors (Lipinski definition) is 5. The Hall–Kier alpha value is -2.40. The summed E-state index contributed by atoms with van der Waals surface area (Å²) in [5.41, 5.74) is 0.0861. The van der Waals surface area contributed by atoms with Gasteiger partial charge in [0.25, 0.3) is 5.91 Å². The van der Waals surface area contributed by atoms with Crippen molar-refractivity contribution in [3.05, 3.63) is 42.0 Å². The molecule has 8 nitrogen and oxygen atoms in total. The zero-order chi connectivity index (χ0) is 20.5. The molecule has 11 heteroatoms. The van der Waals surface area contributed by atoms with Crippen LogP contribution in [0.3, 0.4) is 0 Å². The van der Waals surface area contributed by atoms with E-state index in [0.29, 0.717) is 0 Å². The highest BCUT2D eigenvalue weighted by atomic mass is 32.2. The quantitative estimate of drug-likeness (QED) is 0.771. The van der Waals surface area contributed by atoms with Crippen LogP contribution in [0.2, 0.25) is 0 Å². The number of nitrogens with one attached hydrogen (secondary N) is 1. The number of carbonyl (C=O) groups excluding carboxylic acids is 1. The standard InChI is InChI=1S/C17H21F2N5O3S/c1-11(2)20-17(25)16-10-23(22-21-16)9-14-6-13(19)8-24(14)28(26,27)15-5-3-4-12(18)7-15/h3-5,7,10-11,13-14H,6,8-9H2,1-2H3,(H,20,25)/t13-,14-/m0/s1. The van der Waals surface area contributed by atoms with Gasteiger partial charge >= 0.3 is 0 Å². The van der Waals surface area contributed by atoms with Gasteiger partial charge in [0.1, 0.15) is 12.0 Å². The van der Waals surface area contributed by atoms with Crippen LogP contribution in [0.25, 0.3) is 0 Å². The van der Waals surface area contributed by atoms with Crippen molar-refractivity contribution >= 4 is 15.9 Å². The first-order chi connectivity index (χ1) is 13.2. The van der Waals surface area contributed by atoms with Crippen LogP contribution in [0.15, 0.2) is 35.4 Å². The number of rotatable bonds is 6. The second kappa shape index (κ2) is 7.92. The van der Waals surface area contributed by atoms with Crippen molar-refractivity contribution in [3.63, 3.8) is 0 Å². The van der Waals surface area contributed by atoms with E-state index >= 15 is 0 Å². The lowest BCUT2D eigenvalue weighted by Gasteiger charge is -2.23. The topological polar surface area (TPSA) is 97.2 Å². The molecule has 0 radical (unpaired) electrons. The molecule has 1 saturated heterocycles. The second-order valence-electron chi connectivity index (χ2n) is 6.97. The van der Waals surface area contributed by atoms with E-state index in [2.05, 4.69) is 15.6 Å². The Morgan fingerprint density at radius 1 is 1.39 bits per heavy atom. The van der Waals surface area contributed by atoms with Gasteiger partial charge in [-0.25, -0.2) is 17.2 Å². The summed E-state index contributed by atoms with van der Waals surface area (Å²) < 4.78 is 55.5. The number of carbonyl (C=O) groups is 1. The lowest BCUT2D eigenvalue weighted by molar-refractivity contribution is 0.0938. The van der Waals surface area contributed by atoms with E-state index < -0.39 is 34.0 Å². The van der Waals surface area contributed by atoms with Crippen LogP contribution in [0.1, 0.15) is 30.8 Å². The Kier molecular flexibility index (Phi) is 5.75. The van der Waals surface area contributed by atoms with Crippen LogP contribution in [0.4, 0.5) is 8.78 Å². The molecular formula is C17H21F2N5O3S. The summed E-state index contributed by atoms with van der Waals surface area (Å²) in [6.45, 7) is 3.31. The number of alkyl halides is 1. The highest BCUT2D eigenvalue weighted by Gasteiger charge is 2.41. The predicted octanol–water partition coefficient (Wildman–Crippen LogP) is 1.36. The normalized spacial score (nSPS) is 20.6. The van der Waals surface area contributed by atoms with Gasteiger partial charge in [-0.1, -0.05) is 11.3 Å². The van der Waals surface area contributed by atoms with Gasteiger partial charge in [0.15, 0.2) is 5.69 Å². The molecule has 1 aromatic heterocycles. The lowest BCUT2D eigenvalue weighted by atomic mass is 10.2. The van der Waals surface area contributed by atoms with Crippen molar-refractivity contribution in [1.82, 2.24) is 24.6 Å². The fraction of sp³-hybridized carbons (Fsp3) is 0.471. The van der Waals surface area contributed by atoms with Gasteiger partial charge in [0, 0.05) is 18.6 Å². The SMILES string of the molecule is CC(C)NC(=O)c1cn(C[C@@H]2C[C@H](F)CN2S(=O)(=O)c2cccc(F)c2)nn1. The Morgan fingerprint density at radius 2 is 2.14 bits per heavy atom. The van der Waals surface area contributed by atoms with Crippen LogP contribution in [-0.2, 0) is 16.6 Å². The molecule has 1 amide bonds. The molecule has 3 rings (SSSR count). The van der Waals surface area contributed by atoms with Crippen molar-refractivity contribution in [2.75, 3.05) is 6.54 Å². The molecule has 0 spiro atoms. The first-order valence-corrected chi connectivity index (χ1v) is 10.2. The zero-order valence-electron chi connectivity index (χ0n) is 15.4. The molecule has 2 atom stereocenters. The Morgan fingerprint density at radius 3 is 2.82 bits per heavy atom. The molecule has 0 bridgehead atoms. The molecule has 1 aliphatic rings. The fourth-order valence-electron chi connectivity index (χ4n) is 3.10. The molecule has 1 N–H and O–H groups in total. The van der Waals surface area contributed by atoms with Crippen LogP contribution in [0, 0.1) is 5.82 Å². The number of amides is 1. The van der Waals surface area contributed by atoms with Crippen molar-refractivity contribution < 1.29 is 22.0 Å². The molecule has 0 saturated carbocycles. The fourth-order valence-corrected chi connectivity index (χ4v) is 4.78. The van der Waals surface area contributed by atoms with Gasteiger partial charge in [-0.2, -0.15) is 4.31 Å².